The zero-order chi connectivity index (χ0) is 21.0. The van der Waals surface area contributed by atoms with E-state index in [-0.39, 0.29) is 0 Å². The standard InChI is InChI=1S/C23H26N8/c24-17-6-8-18(9-7-17)29-21-22-27-15-20(31(22)13-12-25-21)19-10-11-26-23(30-19)28-14-16-4-2-1-3-5-16/h1-5,10-13,15,17-18H,6-9,14,24H2,(H,25,29)(H,26,28,30). The number of rotatable bonds is 6. The van der Waals surface area contributed by atoms with E-state index in [0.29, 0.717) is 24.6 Å². The molecule has 0 aliphatic heterocycles. The maximum Gasteiger partial charge on any atom is 0.223 e. The molecule has 4 aromatic rings. The second-order valence-corrected chi connectivity index (χ2v) is 7.97. The molecular formula is C23H26N8. The van der Waals surface area contributed by atoms with Crippen molar-refractivity contribution >= 4 is 17.4 Å². The van der Waals surface area contributed by atoms with E-state index in [1.54, 1.807) is 12.4 Å². The van der Waals surface area contributed by atoms with Crippen molar-refractivity contribution in [3.63, 3.8) is 0 Å². The molecule has 31 heavy (non-hydrogen) atoms. The Morgan fingerprint density at radius 3 is 2.65 bits per heavy atom. The summed E-state index contributed by atoms with van der Waals surface area (Å²) in [5.41, 5.74) is 9.72. The minimum Gasteiger partial charge on any atom is -0.364 e. The summed E-state index contributed by atoms with van der Waals surface area (Å²) in [6.45, 7) is 0.667. The fourth-order valence-electron chi connectivity index (χ4n) is 4.03. The van der Waals surface area contributed by atoms with E-state index in [4.69, 9.17) is 10.7 Å². The number of aromatic nitrogens is 5. The van der Waals surface area contributed by atoms with Crippen molar-refractivity contribution in [2.45, 2.75) is 44.3 Å². The molecule has 0 spiro atoms. The van der Waals surface area contributed by atoms with Gasteiger partial charge in [0.05, 0.1) is 17.6 Å². The molecule has 0 unspecified atom stereocenters. The number of fused-ring (bicyclic) bond motifs is 1. The van der Waals surface area contributed by atoms with Crippen LogP contribution in [-0.2, 0) is 6.54 Å². The van der Waals surface area contributed by atoms with Crippen molar-refractivity contribution in [1.82, 2.24) is 24.3 Å². The molecule has 3 aromatic heterocycles. The molecule has 0 radical (unpaired) electrons. The minimum absolute atomic E-state index is 0.322. The molecule has 4 N–H and O–H groups in total. The van der Waals surface area contributed by atoms with Crippen molar-refractivity contribution < 1.29 is 0 Å². The third-order valence-corrected chi connectivity index (χ3v) is 5.75. The van der Waals surface area contributed by atoms with Gasteiger partial charge >= 0.3 is 0 Å². The number of nitrogens with one attached hydrogen (secondary N) is 2. The SMILES string of the molecule is NC1CCC(Nc2nccn3c(-c4ccnc(NCc5ccccc5)n4)cnc23)CC1. The van der Waals surface area contributed by atoms with Crippen molar-refractivity contribution in [3.8, 4) is 11.4 Å². The van der Waals surface area contributed by atoms with Crippen LogP contribution in [0.1, 0.15) is 31.2 Å². The fourth-order valence-corrected chi connectivity index (χ4v) is 4.03. The van der Waals surface area contributed by atoms with Gasteiger partial charge in [-0.1, -0.05) is 30.3 Å². The predicted octanol–water partition coefficient (Wildman–Crippen LogP) is 3.48. The lowest BCUT2D eigenvalue weighted by Gasteiger charge is -2.27. The molecule has 158 valence electrons. The quantitative estimate of drug-likeness (QED) is 0.443. The third-order valence-electron chi connectivity index (χ3n) is 5.75. The van der Waals surface area contributed by atoms with E-state index < -0.39 is 0 Å². The van der Waals surface area contributed by atoms with E-state index in [9.17, 15) is 0 Å². The number of imidazole rings is 1. The summed E-state index contributed by atoms with van der Waals surface area (Å²) in [6.07, 6.45) is 11.5. The van der Waals surface area contributed by atoms with Gasteiger partial charge in [-0.25, -0.2) is 19.9 Å². The van der Waals surface area contributed by atoms with Crippen molar-refractivity contribution in [1.29, 1.82) is 0 Å². The first kappa shape index (κ1) is 19.4. The van der Waals surface area contributed by atoms with Crippen LogP contribution in [0.4, 0.5) is 11.8 Å². The van der Waals surface area contributed by atoms with Gasteiger partial charge in [0, 0.05) is 37.2 Å². The van der Waals surface area contributed by atoms with Crippen LogP contribution in [0.2, 0.25) is 0 Å². The highest BCUT2D eigenvalue weighted by Crippen LogP contribution is 2.25. The number of nitrogens with two attached hydrogens (primary N) is 1. The van der Waals surface area contributed by atoms with Crippen molar-refractivity contribution in [3.05, 3.63) is 66.7 Å². The normalized spacial score (nSPS) is 18.7. The summed E-state index contributed by atoms with van der Waals surface area (Å²) in [4.78, 5) is 18.2. The Morgan fingerprint density at radius 1 is 0.968 bits per heavy atom. The summed E-state index contributed by atoms with van der Waals surface area (Å²) in [6, 6.07) is 12.8. The smallest absolute Gasteiger partial charge is 0.223 e. The summed E-state index contributed by atoms with van der Waals surface area (Å²) < 4.78 is 2.02. The summed E-state index contributed by atoms with van der Waals surface area (Å²) >= 11 is 0. The molecule has 8 heteroatoms. The minimum atomic E-state index is 0.322. The molecule has 1 saturated carbocycles. The molecule has 0 amide bonds. The summed E-state index contributed by atoms with van der Waals surface area (Å²) in [5, 5.41) is 6.86. The Balaban J connectivity index is 1.37. The molecule has 1 fully saturated rings. The third kappa shape index (κ3) is 4.34. The van der Waals surface area contributed by atoms with Gasteiger partial charge in [-0.05, 0) is 37.3 Å². The van der Waals surface area contributed by atoms with Crippen molar-refractivity contribution in [2.24, 2.45) is 5.73 Å². The van der Waals surface area contributed by atoms with Crippen LogP contribution in [-0.4, -0.2) is 36.4 Å². The molecule has 1 aliphatic rings. The zero-order valence-corrected chi connectivity index (χ0v) is 17.3. The second kappa shape index (κ2) is 8.69. The Morgan fingerprint density at radius 2 is 1.81 bits per heavy atom. The molecule has 1 aromatic carbocycles. The average Bonchev–Trinajstić information content (AvgIpc) is 3.25. The van der Waals surface area contributed by atoms with Crippen LogP contribution in [0.3, 0.4) is 0 Å². The maximum absolute atomic E-state index is 6.04. The van der Waals surface area contributed by atoms with Gasteiger partial charge in [0.15, 0.2) is 11.5 Å². The molecular weight excluding hydrogens is 388 g/mol. The van der Waals surface area contributed by atoms with Gasteiger partial charge in [0.2, 0.25) is 5.95 Å². The van der Waals surface area contributed by atoms with Gasteiger partial charge in [-0.3, -0.25) is 4.40 Å². The number of hydrogen-bond donors (Lipinski definition) is 3. The van der Waals surface area contributed by atoms with Crippen LogP contribution in [0.5, 0.6) is 0 Å². The number of nitrogens with zero attached hydrogens (tertiary/aromatic N) is 5. The highest BCUT2D eigenvalue weighted by molar-refractivity contribution is 5.69. The van der Waals surface area contributed by atoms with Gasteiger partial charge in [0.1, 0.15) is 0 Å². The topological polar surface area (TPSA) is 106 Å². The van der Waals surface area contributed by atoms with Crippen LogP contribution in [0.25, 0.3) is 17.0 Å². The second-order valence-electron chi connectivity index (χ2n) is 7.97. The van der Waals surface area contributed by atoms with Gasteiger partial charge in [-0.2, -0.15) is 0 Å². The predicted molar refractivity (Wildman–Crippen MR) is 122 cm³/mol. The van der Waals surface area contributed by atoms with E-state index in [0.717, 1.165) is 48.5 Å². The average molecular weight is 415 g/mol. The van der Waals surface area contributed by atoms with Gasteiger partial charge < -0.3 is 16.4 Å². The Kier molecular flexibility index (Phi) is 5.45. The van der Waals surface area contributed by atoms with Crippen LogP contribution < -0.4 is 16.4 Å². The highest BCUT2D eigenvalue weighted by atomic mass is 15.1. The van der Waals surface area contributed by atoms with Crippen LogP contribution in [0, 0.1) is 0 Å². The Hall–Kier alpha value is -3.52. The number of anilines is 2. The van der Waals surface area contributed by atoms with E-state index in [1.807, 2.05) is 41.1 Å². The van der Waals surface area contributed by atoms with Gasteiger partial charge in [0.25, 0.3) is 0 Å². The fraction of sp³-hybridized carbons (Fsp3) is 0.304. The first-order valence-corrected chi connectivity index (χ1v) is 10.7. The lowest BCUT2D eigenvalue weighted by molar-refractivity contribution is 0.410. The van der Waals surface area contributed by atoms with Crippen molar-refractivity contribution in [2.75, 3.05) is 10.6 Å². The molecule has 3 heterocycles. The summed E-state index contributed by atoms with van der Waals surface area (Å²) in [5.74, 6) is 1.38. The first-order chi connectivity index (χ1) is 15.3. The van der Waals surface area contributed by atoms with Crippen LogP contribution >= 0.6 is 0 Å². The van der Waals surface area contributed by atoms with E-state index >= 15 is 0 Å². The first-order valence-electron chi connectivity index (χ1n) is 10.7. The van der Waals surface area contributed by atoms with Gasteiger partial charge in [-0.15, -0.1) is 0 Å². The highest BCUT2D eigenvalue weighted by Gasteiger charge is 2.20. The maximum atomic E-state index is 6.04. The number of hydrogen-bond acceptors (Lipinski definition) is 7. The zero-order valence-electron chi connectivity index (χ0n) is 17.3. The lowest BCUT2D eigenvalue weighted by atomic mass is 9.92. The largest absolute Gasteiger partial charge is 0.364 e. The van der Waals surface area contributed by atoms with E-state index in [1.165, 1.54) is 5.56 Å². The molecule has 0 bridgehead atoms. The lowest BCUT2D eigenvalue weighted by Crippen LogP contribution is -2.33. The monoisotopic (exact) mass is 414 g/mol. The van der Waals surface area contributed by atoms with E-state index in [2.05, 4.69) is 37.7 Å². The van der Waals surface area contributed by atoms with Crippen LogP contribution in [0.15, 0.2) is 61.2 Å². The number of benzene rings is 1. The Bertz CT molecular complexity index is 1150. The Labute approximate surface area is 181 Å². The molecule has 0 saturated heterocycles. The molecule has 0 atom stereocenters. The molecule has 8 nitrogen and oxygen atoms in total. The summed E-state index contributed by atoms with van der Waals surface area (Å²) in [7, 11) is 0. The molecule has 5 rings (SSSR count). The molecule has 1 aliphatic carbocycles.